The summed E-state index contributed by atoms with van der Waals surface area (Å²) in [5, 5.41) is 11.6. The number of aromatic carboxylic acids is 1. The number of carboxylic acid groups (broad SMARTS) is 1. The lowest BCUT2D eigenvalue weighted by Crippen LogP contribution is -2.20. The first-order valence-corrected chi connectivity index (χ1v) is 4.09. The summed E-state index contributed by atoms with van der Waals surface area (Å²) < 4.78 is 0. The SMILES string of the molecule is Cc1nc(C(=O)O)c(NC(N)=O)s1. The maximum absolute atomic E-state index is 10.6. The first kappa shape index (κ1) is 9.46. The van der Waals surface area contributed by atoms with Crippen molar-refractivity contribution in [1.29, 1.82) is 0 Å². The molecule has 4 N–H and O–H groups in total. The van der Waals surface area contributed by atoms with Gasteiger partial charge in [-0.3, -0.25) is 5.32 Å². The van der Waals surface area contributed by atoms with Crippen molar-refractivity contribution in [2.24, 2.45) is 5.73 Å². The van der Waals surface area contributed by atoms with Crippen LogP contribution in [0.2, 0.25) is 0 Å². The molecule has 0 aliphatic carbocycles. The molecule has 0 aliphatic rings. The van der Waals surface area contributed by atoms with E-state index >= 15 is 0 Å². The van der Waals surface area contributed by atoms with Gasteiger partial charge in [-0.25, -0.2) is 14.6 Å². The number of carbonyl (C=O) groups is 2. The standard InChI is InChI=1S/C6H7N3O3S/c1-2-8-3(5(10)11)4(13-2)9-6(7)12/h1H3,(H,10,11)(H3,7,9,12). The number of anilines is 1. The number of rotatable bonds is 2. The summed E-state index contributed by atoms with van der Waals surface area (Å²) in [7, 11) is 0. The molecule has 0 aliphatic heterocycles. The molecular weight excluding hydrogens is 194 g/mol. The van der Waals surface area contributed by atoms with Crippen molar-refractivity contribution in [3.05, 3.63) is 10.7 Å². The van der Waals surface area contributed by atoms with E-state index in [0.29, 0.717) is 5.01 Å². The number of amides is 2. The van der Waals surface area contributed by atoms with Gasteiger partial charge in [-0.15, -0.1) is 11.3 Å². The minimum Gasteiger partial charge on any atom is -0.476 e. The predicted octanol–water partition coefficient (Wildman–Crippen LogP) is 0.640. The third-order valence-corrected chi connectivity index (χ3v) is 2.06. The third kappa shape index (κ3) is 2.15. The Bertz CT molecular complexity index is 360. The zero-order valence-corrected chi connectivity index (χ0v) is 7.51. The number of nitrogens with zero attached hydrogens (tertiary/aromatic N) is 1. The number of carboxylic acids is 1. The van der Waals surface area contributed by atoms with Gasteiger partial charge in [0.1, 0.15) is 5.00 Å². The third-order valence-electron chi connectivity index (χ3n) is 1.17. The minimum atomic E-state index is -1.19. The van der Waals surface area contributed by atoms with Gasteiger partial charge in [0, 0.05) is 0 Å². The molecule has 1 aromatic rings. The zero-order valence-electron chi connectivity index (χ0n) is 6.70. The van der Waals surface area contributed by atoms with E-state index in [9.17, 15) is 9.59 Å². The van der Waals surface area contributed by atoms with Crippen LogP contribution in [0.25, 0.3) is 0 Å². The van der Waals surface area contributed by atoms with Gasteiger partial charge in [0.15, 0.2) is 5.69 Å². The first-order valence-electron chi connectivity index (χ1n) is 3.28. The Labute approximate surface area is 77.4 Å². The van der Waals surface area contributed by atoms with Crippen LogP contribution in [0.1, 0.15) is 15.5 Å². The minimum absolute atomic E-state index is 0.164. The Kier molecular flexibility index (Phi) is 2.47. The summed E-state index contributed by atoms with van der Waals surface area (Å²) in [4.78, 5) is 24.7. The number of primary amides is 1. The smallest absolute Gasteiger partial charge is 0.357 e. The fourth-order valence-corrected chi connectivity index (χ4v) is 1.58. The molecule has 1 rings (SSSR count). The van der Waals surface area contributed by atoms with Gasteiger partial charge < -0.3 is 10.8 Å². The van der Waals surface area contributed by atoms with Crippen LogP contribution >= 0.6 is 11.3 Å². The molecule has 0 fully saturated rings. The molecule has 6 nitrogen and oxygen atoms in total. The Morgan fingerprint density at radius 3 is 2.69 bits per heavy atom. The van der Waals surface area contributed by atoms with E-state index in [1.807, 2.05) is 0 Å². The van der Waals surface area contributed by atoms with Gasteiger partial charge in [-0.1, -0.05) is 0 Å². The molecule has 2 amide bonds. The molecule has 1 heterocycles. The molecule has 0 aromatic carbocycles. The van der Waals surface area contributed by atoms with Crippen molar-refractivity contribution in [1.82, 2.24) is 4.98 Å². The average molecular weight is 201 g/mol. The summed E-state index contributed by atoms with van der Waals surface area (Å²) in [5.74, 6) is -1.19. The Morgan fingerprint density at radius 1 is 1.62 bits per heavy atom. The van der Waals surface area contributed by atoms with Crippen LogP contribution in [0, 0.1) is 6.92 Å². The highest BCUT2D eigenvalue weighted by molar-refractivity contribution is 7.16. The zero-order chi connectivity index (χ0) is 10.0. The van der Waals surface area contributed by atoms with Crippen LogP contribution in [0.5, 0.6) is 0 Å². The van der Waals surface area contributed by atoms with Crippen molar-refractivity contribution >= 4 is 28.3 Å². The molecule has 13 heavy (non-hydrogen) atoms. The van der Waals surface area contributed by atoms with E-state index in [1.165, 1.54) is 0 Å². The van der Waals surface area contributed by atoms with Crippen LogP contribution in [-0.4, -0.2) is 22.1 Å². The van der Waals surface area contributed by atoms with E-state index in [-0.39, 0.29) is 10.7 Å². The van der Waals surface area contributed by atoms with Gasteiger partial charge in [-0.05, 0) is 6.92 Å². The van der Waals surface area contributed by atoms with Crippen molar-refractivity contribution in [2.45, 2.75) is 6.92 Å². The monoisotopic (exact) mass is 201 g/mol. The molecule has 7 heteroatoms. The van der Waals surface area contributed by atoms with E-state index < -0.39 is 12.0 Å². The van der Waals surface area contributed by atoms with Crippen LogP contribution in [0.4, 0.5) is 9.80 Å². The lowest BCUT2D eigenvalue weighted by atomic mass is 10.4. The summed E-state index contributed by atoms with van der Waals surface area (Å²) in [5.41, 5.74) is 4.66. The van der Waals surface area contributed by atoms with E-state index in [0.717, 1.165) is 11.3 Å². The second-order valence-electron chi connectivity index (χ2n) is 2.21. The fourth-order valence-electron chi connectivity index (χ4n) is 0.769. The largest absolute Gasteiger partial charge is 0.476 e. The Hall–Kier alpha value is -1.63. The highest BCUT2D eigenvalue weighted by atomic mass is 32.1. The topological polar surface area (TPSA) is 105 Å². The van der Waals surface area contributed by atoms with Crippen molar-refractivity contribution < 1.29 is 14.7 Å². The number of thiazole rings is 1. The predicted molar refractivity (Wildman–Crippen MR) is 47.0 cm³/mol. The second-order valence-corrected chi connectivity index (χ2v) is 3.41. The number of nitrogens with one attached hydrogen (secondary N) is 1. The number of aromatic nitrogens is 1. The number of aryl methyl sites for hydroxylation is 1. The molecule has 1 aromatic heterocycles. The van der Waals surface area contributed by atoms with Crippen LogP contribution in [0.3, 0.4) is 0 Å². The van der Waals surface area contributed by atoms with Crippen LogP contribution < -0.4 is 11.1 Å². The van der Waals surface area contributed by atoms with Gasteiger partial charge in [0.2, 0.25) is 0 Å². The van der Waals surface area contributed by atoms with E-state index in [4.69, 9.17) is 10.8 Å². The maximum atomic E-state index is 10.6. The van der Waals surface area contributed by atoms with Crippen molar-refractivity contribution in [3.8, 4) is 0 Å². The number of urea groups is 1. The highest BCUT2D eigenvalue weighted by Gasteiger charge is 2.16. The lowest BCUT2D eigenvalue weighted by molar-refractivity contribution is 0.0692. The summed E-state index contributed by atoms with van der Waals surface area (Å²) in [6.45, 7) is 1.64. The number of hydrogen-bond donors (Lipinski definition) is 3. The van der Waals surface area contributed by atoms with Crippen LogP contribution in [-0.2, 0) is 0 Å². The number of hydrogen-bond acceptors (Lipinski definition) is 4. The molecule has 0 saturated heterocycles. The Morgan fingerprint density at radius 2 is 2.23 bits per heavy atom. The van der Waals surface area contributed by atoms with Crippen LogP contribution in [0.15, 0.2) is 0 Å². The van der Waals surface area contributed by atoms with Gasteiger partial charge in [-0.2, -0.15) is 0 Å². The molecule has 0 saturated carbocycles. The van der Waals surface area contributed by atoms with E-state index in [1.54, 1.807) is 6.92 Å². The summed E-state index contributed by atoms with van der Waals surface area (Å²) in [6.07, 6.45) is 0. The summed E-state index contributed by atoms with van der Waals surface area (Å²) in [6, 6.07) is -0.800. The molecular formula is C6H7N3O3S. The average Bonchev–Trinajstić information content (AvgIpc) is 2.29. The van der Waals surface area contributed by atoms with Crippen molar-refractivity contribution in [2.75, 3.05) is 5.32 Å². The lowest BCUT2D eigenvalue weighted by Gasteiger charge is -1.96. The first-order chi connectivity index (χ1) is 6.00. The molecule has 0 radical (unpaired) electrons. The Balaban J connectivity index is 3.04. The fraction of sp³-hybridized carbons (Fsp3) is 0.167. The quantitative estimate of drug-likeness (QED) is 0.652. The normalized spacial score (nSPS) is 9.62. The van der Waals surface area contributed by atoms with Gasteiger partial charge >= 0.3 is 12.0 Å². The number of nitrogens with two attached hydrogens (primary N) is 1. The highest BCUT2D eigenvalue weighted by Crippen LogP contribution is 2.23. The molecule has 0 spiro atoms. The van der Waals surface area contributed by atoms with Crippen molar-refractivity contribution in [3.63, 3.8) is 0 Å². The molecule has 0 bridgehead atoms. The second kappa shape index (κ2) is 3.40. The van der Waals surface area contributed by atoms with E-state index in [2.05, 4.69) is 10.3 Å². The number of carbonyl (C=O) groups excluding carboxylic acids is 1. The molecule has 70 valence electrons. The molecule has 0 atom stereocenters. The van der Waals surface area contributed by atoms with Gasteiger partial charge in [0.05, 0.1) is 5.01 Å². The maximum Gasteiger partial charge on any atom is 0.357 e. The summed E-state index contributed by atoms with van der Waals surface area (Å²) >= 11 is 1.07. The van der Waals surface area contributed by atoms with Gasteiger partial charge in [0.25, 0.3) is 0 Å². The molecule has 0 unspecified atom stereocenters.